The molecule has 0 saturated carbocycles. The van der Waals surface area contributed by atoms with Crippen molar-refractivity contribution in [2.24, 2.45) is 4.99 Å². The SMILES string of the molecule is CCCCCNC(=NCC(O)c1cc(OC)ccc1OC)NCC.I. The summed E-state index contributed by atoms with van der Waals surface area (Å²) in [6.45, 7) is 6.09. The van der Waals surface area contributed by atoms with Gasteiger partial charge in [-0.05, 0) is 31.5 Å². The Labute approximate surface area is 168 Å². The molecular weight excluding hydrogens is 433 g/mol. The van der Waals surface area contributed by atoms with Crippen molar-refractivity contribution < 1.29 is 14.6 Å². The van der Waals surface area contributed by atoms with Gasteiger partial charge in [-0.15, -0.1) is 24.0 Å². The summed E-state index contributed by atoms with van der Waals surface area (Å²) < 4.78 is 10.5. The van der Waals surface area contributed by atoms with Crippen LogP contribution in [0.25, 0.3) is 0 Å². The summed E-state index contributed by atoms with van der Waals surface area (Å²) in [6.07, 6.45) is 2.72. The lowest BCUT2D eigenvalue weighted by atomic mass is 10.1. The number of unbranched alkanes of at least 4 members (excludes halogenated alkanes) is 2. The first-order chi connectivity index (χ1) is 11.7. The Kier molecular flexibility index (Phi) is 13.3. The van der Waals surface area contributed by atoms with Gasteiger partial charge < -0.3 is 25.2 Å². The molecule has 0 fully saturated rings. The van der Waals surface area contributed by atoms with E-state index in [0.29, 0.717) is 17.1 Å². The van der Waals surface area contributed by atoms with Gasteiger partial charge in [0.25, 0.3) is 0 Å². The Morgan fingerprint density at radius 3 is 2.52 bits per heavy atom. The van der Waals surface area contributed by atoms with E-state index in [9.17, 15) is 5.11 Å². The second-order valence-electron chi connectivity index (χ2n) is 5.48. The minimum Gasteiger partial charge on any atom is -0.497 e. The lowest BCUT2D eigenvalue weighted by Gasteiger charge is -2.16. The molecule has 0 radical (unpaired) electrons. The molecule has 3 N–H and O–H groups in total. The van der Waals surface area contributed by atoms with Gasteiger partial charge in [0, 0.05) is 18.7 Å². The van der Waals surface area contributed by atoms with Crippen molar-refractivity contribution in [1.29, 1.82) is 0 Å². The van der Waals surface area contributed by atoms with Crippen LogP contribution >= 0.6 is 24.0 Å². The van der Waals surface area contributed by atoms with Crippen molar-refractivity contribution in [3.05, 3.63) is 23.8 Å². The van der Waals surface area contributed by atoms with Gasteiger partial charge in [-0.1, -0.05) is 19.8 Å². The number of nitrogens with one attached hydrogen (secondary N) is 2. The highest BCUT2D eigenvalue weighted by molar-refractivity contribution is 14.0. The number of hydrogen-bond acceptors (Lipinski definition) is 4. The fourth-order valence-electron chi connectivity index (χ4n) is 2.30. The fraction of sp³-hybridized carbons (Fsp3) is 0.611. The Morgan fingerprint density at radius 2 is 1.92 bits per heavy atom. The Balaban J connectivity index is 0.00000576. The van der Waals surface area contributed by atoms with Gasteiger partial charge in [-0.2, -0.15) is 0 Å². The highest BCUT2D eigenvalue weighted by atomic mass is 127. The molecular formula is C18H32IN3O3. The maximum Gasteiger partial charge on any atom is 0.191 e. The third-order valence-electron chi connectivity index (χ3n) is 3.64. The van der Waals surface area contributed by atoms with Crippen LogP contribution in [0.2, 0.25) is 0 Å². The molecule has 1 rings (SSSR count). The first-order valence-corrected chi connectivity index (χ1v) is 8.58. The number of benzene rings is 1. The number of nitrogens with zero attached hydrogens (tertiary/aromatic N) is 1. The summed E-state index contributed by atoms with van der Waals surface area (Å²) in [4.78, 5) is 4.47. The predicted octanol–water partition coefficient (Wildman–Crippen LogP) is 3.10. The van der Waals surface area contributed by atoms with Crippen LogP contribution in [0, 0.1) is 0 Å². The van der Waals surface area contributed by atoms with Crippen molar-refractivity contribution >= 4 is 29.9 Å². The summed E-state index contributed by atoms with van der Waals surface area (Å²) in [7, 11) is 3.18. The maximum atomic E-state index is 10.5. The summed E-state index contributed by atoms with van der Waals surface area (Å²) >= 11 is 0. The van der Waals surface area contributed by atoms with E-state index < -0.39 is 6.10 Å². The monoisotopic (exact) mass is 465 g/mol. The number of guanidine groups is 1. The maximum absolute atomic E-state index is 10.5. The van der Waals surface area contributed by atoms with E-state index in [4.69, 9.17) is 9.47 Å². The van der Waals surface area contributed by atoms with Crippen LogP contribution in [0.3, 0.4) is 0 Å². The molecule has 0 saturated heterocycles. The van der Waals surface area contributed by atoms with Crippen molar-refractivity contribution in [1.82, 2.24) is 10.6 Å². The molecule has 0 bridgehead atoms. The zero-order valence-electron chi connectivity index (χ0n) is 15.7. The molecule has 1 aromatic carbocycles. The molecule has 0 heterocycles. The zero-order valence-corrected chi connectivity index (χ0v) is 18.0. The molecule has 0 aliphatic carbocycles. The molecule has 0 aromatic heterocycles. The molecule has 144 valence electrons. The van der Waals surface area contributed by atoms with Crippen molar-refractivity contribution in [2.45, 2.75) is 39.2 Å². The molecule has 1 atom stereocenters. The number of rotatable bonds is 10. The van der Waals surface area contributed by atoms with Crippen LogP contribution < -0.4 is 20.1 Å². The molecule has 0 spiro atoms. The average molecular weight is 465 g/mol. The number of aliphatic hydroxyl groups is 1. The van der Waals surface area contributed by atoms with Crippen LogP contribution in [0.15, 0.2) is 23.2 Å². The van der Waals surface area contributed by atoms with E-state index >= 15 is 0 Å². The normalized spacial score (nSPS) is 12.1. The number of methoxy groups -OCH3 is 2. The first-order valence-electron chi connectivity index (χ1n) is 8.58. The second-order valence-corrected chi connectivity index (χ2v) is 5.48. The molecule has 1 aromatic rings. The summed E-state index contributed by atoms with van der Waals surface area (Å²) in [5.74, 6) is 2.02. The smallest absolute Gasteiger partial charge is 0.191 e. The number of aliphatic hydroxyl groups excluding tert-OH is 1. The summed E-state index contributed by atoms with van der Waals surface area (Å²) in [5, 5.41) is 17.0. The van der Waals surface area contributed by atoms with Crippen LogP contribution in [-0.2, 0) is 0 Å². The van der Waals surface area contributed by atoms with E-state index in [1.807, 2.05) is 6.92 Å². The molecule has 25 heavy (non-hydrogen) atoms. The number of halogens is 1. The van der Waals surface area contributed by atoms with Crippen LogP contribution in [0.5, 0.6) is 11.5 Å². The minimum absolute atomic E-state index is 0. The predicted molar refractivity (Wildman–Crippen MR) is 113 cm³/mol. The van der Waals surface area contributed by atoms with Gasteiger partial charge in [-0.25, -0.2) is 0 Å². The number of ether oxygens (including phenoxy) is 2. The van der Waals surface area contributed by atoms with E-state index in [-0.39, 0.29) is 30.5 Å². The zero-order chi connectivity index (χ0) is 17.8. The molecule has 7 heteroatoms. The Morgan fingerprint density at radius 1 is 1.16 bits per heavy atom. The van der Waals surface area contributed by atoms with Gasteiger partial charge in [0.05, 0.1) is 20.8 Å². The quantitative estimate of drug-likeness (QED) is 0.214. The summed E-state index contributed by atoms with van der Waals surface area (Å²) in [6, 6.07) is 5.37. The fourth-order valence-corrected chi connectivity index (χ4v) is 2.30. The summed E-state index contributed by atoms with van der Waals surface area (Å²) in [5.41, 5.74) is 0.669. The van der Waals surface area contributed by atoms with Crippen LogP contribution in [0.4, 0.5) is 0 Å². The largest absolute Gasteiger partial charge is 0.497 e. The van der Waals surface area contributed by atoms with Gasteiger partial charge in [0.1, 0.15) is 17.6 Å². The molecule has 6 nitrogen and oxygen atoms in total. The standard InChI is InChI=1S/C18H31N3O3.HI/c1-5-7-8-11-20-18(19-6-2)21-13-16(22)15-12-14(23-3)9-10-17(15)24-4;/h9-10,12,16,22H,5-8,11,13H2,1-4H3,(H2,19,20,21);1H. The van der Waals surface area contributed by atoms with Gasteiger partial charge in [-0.3, -0.25) is 4.99 Å². The van der Waals surface area contributed by atoms with Crippen molar-refractivity contribution in [2.75, 3.05) is 33.9 Å². The van der Waals surface area contributed by atoms with E-state index in [1.54, 1.807) is 32.4 Å². The van der Waals surface area contributed by atoms with E-state index in [0.717, 1.165) is 25.5 Å². The highest BCUT2D eigenvalue weighted by Crippen LogP contribution is 2.29. The minimum atomic E-state index is -0.763. The lowest BCUT2D eigenvalue weighted by molar-refractivity contribution is 0.182. The van der Waals surface area contributed by atoms with Gasteiger partial charge in [0.15, 0.2) is 5.96 Å². The Bertz CT molecular complexity index is 512. The van der Waals surface area contributed by atoms with Crippen LogP contribution in [0.1, 0.15) is 44.8 Å². The number of aliphatic imine (C=N–C) groups is 1. The lowest BCUT2D eigenvalue weighted by Crippen LogP contribution is -2.38. The van der Waals surface area contributed by atoms with Crippen molar-refractivity contribution in [3.63, 3.8) is 0 Å². The van der Waals surface area contributed by atoms with Crippen molar-refractivity contribution in [3.8, 4) is 11.5 Å². The molecule has 0 aliphatic heterocycles. The van der Waals surface area contributed by atoms with E-state index in [1.165, 1.54) is 12.8 Å². The molecule has 0 aliphatic rings. The number of hydrogen-bond donors (Lipinski definition) is 3. The third-order valence-corrected chi connectivity index (χ3v) is 3.64. The second kappa shape index (κ2) is 14.0. The van der Waals surface area contributed by atoms with E-state index in [2.05, 4.69) is 22.5 Å². The van der Waals surface area contributed by atoms with Crippen LogP contribution in [-0.4, -0.2) is 44.9 Å². The molecule has 0 amide bonds. The Hall–Kier alpha value is -1.22. The van der Waals surface area contributed by atoms with Gasteiger partial charge in [0.2, 0.25) is 0 Å². The van der Waals surface area contributed by atoms with Gasteiger partial charge >= 0.3 is 0 Å². The third kappa shape index (κ3) is 8.62. The average Bonchev–Trinajstić information content (AvgIpc) is 2.62. The molecule has 1 unspecified atom stereocenters. The first kappa shape index (κ1) is 23.8. The highest BCUT2D eigenvalue weighted by Gasteiger charge is 2.14. The topological polar surface area (TPSA) is 75.1 Å².